The van der Waals surface area contributed by atoms with E-state index in [1.54, 1.807) is 12.1 Å². The van der Waals surface area contributed by atoms with Gasteiger partial charge in [0.15, 0.2) is 0 Å². The van der Waals surface area contributed by atoms with E-state index in [4.69, 9.17) is 9.84 Å². The Kier molecular flexibility index (Phi) is 8.83. The van der Waals surface area contributed by atoms with Crippen molar-refractivity contribution >= 4 is 11.8 Å². The molecular weight excluding hydrogens is 328 g/mol. The number of aliphatic carboxylic acids is 1. The maximum absolute atomic E-state index is 12.0. The molecule has 4 heteroatoms. The molecule has 1 aromatic rings. The highest BCUT2D eigenvalue weighted by molar-refractivity contribution is 6.39. The van der Waals surface area contributed by atoms with E-state index in [1.807, 2.05) is 27.7 Å². The summed E-state index contributed by atoms with van der Waals surface area (Å²) in [4.78, 5) is 23.1. The summed E-state index contributed by atoms with van der Waals surface area (Å²) in [5, 5.41) is 9.07. The molecule has 0 bridgehead atoms. The monoisotopic (exact) mass is 362 g/mol. The molecule has 0 saturated heterocycles. The van der Waals surface area contributed by atoms with Crippen LogP contribution in [-0.4, -0.2) is 23.5 Å². The number of ether oxygens (including phenoxy) is 1. The lowest BCUT2D eigenvalue weighted by Crippen LogP contribution is -2.17. The highest BCUT2D eigenvalue weighted by Crippen LogP contribution is 2.36. The van der Waals surface area contributed by atoms with Crippen molar-refractivity contribution < 1.29 is 19.4 Å². The van der Waals surface area contributed by atoms with Crippen LogP contribution < -0.4 is 4.74 Å². The highest BCUT2D eigenvalue weighted by atomic mass is 16.5. The fraction of sp³-hybridized carbons (Fsp3) is 0.636. The Hall–Kier alpha value is -1.84. The van der Waals surface area contributed by atoms with Gasteiger partial charge in [0.25, 0.3) is 5.78 Å². The van der Waals surface area contributed by atoms with Gasteiger partial charge in [0.2, 0.25) is 0 Å². The van der Waals surface area contributed by atoms with E-state index in [0.29, 0.717) is 12.5 Å². The summed E-state index contributed by atoms with van der Waals surface area (Å²) in [7, 11) is 0. The fourth-order valence-corrected chi connectivity index (χ4v) is 3.05. The minimum atomic E-state index is -1.42. The standard InChI is InChI=1S/C22H34O4/c1-7-9-10-16(8-2)13-26-21-18(14(3)4)11-17(20(23)22(24)25)12-19(21)15(5)6/h11-12,14-16H,7-10,13H2,1-6H3,(H,24,25). The largest absolute Gasteiger partial charge is 0.493 e. The average Bonchev–Trinajstić information content (AvgIpc) is 2.60. The maximum atomic E-state index is 12.0. The molecule has 1 N–H and O–H groups in total. The second-order valence-electron chi connectivity index (χ2n) is 7.66. The van der Waals surface area contributed by atoms with E-state index in [-0.39, 0.29) is 17.4 Å². The van der Waals surface area contributed by atoms with Crippen molar-refractivity contribution in [1.29, 1.82) is 0 Å². The van der Waals surface area contributed by atoms with Gasteiger partial charge in [-0.1, -0.05) is 60.8 Å². The normalized spacial score (nSPS) is 12.5. The SMILES string of the molecule is CCCCC(CC)COc1c(C(C)C)cc(C(=O)C(=O)O)cc1C(C)C. The van der Waals surface area contributed by atoms with Crippen molar-refractivity contribution in [3.63, 3.8) is 0 Å². The van der Waals surface area contributed by atoms with Crippen LogP contribution >= 0.6 is 0 Å². The number of hydrogen-bond acceptors (Lipinski definition) is 3. The number of benzene rings is 1. The molecule has 0 saturated carbocycles. The summed E-state index contributed by atoms with van der Waals surface area (Å²) in [5.74, 6) is -0.676. The predicted molar refractivity (Wildman–Crippen MR) is 105 cm³/mol. The number of Topliss-reactive ketones (excluding diaryl/α,β-unsaturated/α-hetero) is 1. The van der Waals surface area contributed by atoms with Crippen LogP contribution in [0, 0.1) is 5.92 Å². The second-order valence-corrected chi connectivity index (χ2v) is 7.66. The van der Waals surface area contributed by atoms with Crippen LogP contribution in [0.25, 0.3) is 0 Å². The predicted octanol–water partition coefficient (Wildman–Crippen LogP) is 5.80. The molecule has 0 heterocycles. The van der Waals surface area contributed by atoms with E-state index in [2.05, 4.69) is 13.8 Å². The van der Waals surface area contributed by atoms with Gasteiger partial charge in [0.1, 0.15) is 5.75 Å². The lowest BCUT2D eigenvalue weighted by molar-refractivity contribution is -0.131. The van der Waals surface area contributed by atoms with Crippen molar-refractivity contribution in [3.05, 3.63) is 28.8 Å². The Labute approximate surface area is 158 Å². The Morgan fingerprint density at radius 1 is 1.04 bits per heavy atom. The van der Waals surface area contributed by atoms with Crippen LogP contribution in [0.5, 0.6) is 5.75 Å². The Bertz CT molecular complexity index is 588. The first-order valence-electron chi connectivity index (χ1n) is 9.81. The number of ketones is 1. The third-order valence-corrected chi connectivity index (χ3v) is 4.85. The summed E-state index contributed by atoms with van der Waals surface area (Å²) >= 11 is 0. The molecule has 0 radical (unpaired) electrons. The molecule has 0 amide bonds. The Balaban J connectivity index is 3.26. The van der Waals surface area contributed by atoms with Crippen molar-refractivity contribution in [2.75, 3.05) is 6.61 Å². The van der Waals surface area contributed by atoms with Crippen LogP contribution in [0.1, 0.15) is 101 Å². The first-order chi connectivity index (χ1) is 12.2. The van der Waals surface area contributed by atoms with Crippen molar-refractivity contribution in [2.24, 2.45) is 5.92 Å². The quantitative estimate of drug-likeness (QED) is 0.399. The van der Waals surface area contributed by atoms with Gasteiger partial charge in [-0.15, -0.1) is 0 Å². The molecule has 146 valence electrons. The summed E-state index contributed by atoms with van der Waals surface area (Å²) in [6, 6.07) is 3.38. The number of carbonyl (C=O) groups excluding carboxylic acids is 1. The van der Waals surface area contributed by atoms with Gasteiger partial charge >= 0.3 is 5.97 Å². The van der Waals surface area contributed by atoms with Gasteiger partial charge in [0.05, 0.1) is 6.61 Å². The van der Waals surface area contributed by atoms with Crippen molar-refractivity contribution in [2.45, 2.75) is 79.1 Å². The third-order valence-electron chi connectivity index (χ3n) is 4.85. The highest BCUT2D eigenvalue weighted by Gasteiger charge is 2.23. The number of carboxylic acids is 1. The van der Waals surface area contributed by atoms with E-state index in [9.17, 15) is 9.59 Å². The van der Waals surface area contributed by atoms with Gasteiger partial charge in [-0.25, -0.2) is 4.79 Å². The van der Waals surface area contributed by atoms with Crippen LogP contribution in [0.15, 0.2) is 12.1 Å². The molecule has 0 aliphatic heterocycles. The van der Waals surface area contributed by atoms with Gasteiger partial charge in [-0.2, -0.15) is 0 Å². The van der Waals surface area contributed by atoms with Crippen LogP contribution in [0.2, 0.25) is 0 Å². The van der Waals surface area contributed by atoms with Gasteiger partial charge in [0, 0.05) is 5.56 Å². The molecular formula is C22H34O4. The van der Waals surface area contributed by atoms with Crippen LogP contribution in [-0.2, 0) is 4.79 Å². The number of unbranched alkanes of at least 4 members (excludes halogenated alkanes) is 1. The third kappa shape index (κ3) is 5.86. The summed E-state index contributed by atoms with van der Waals surface area (Å²) < 4.78 is 6.28. The zero-order valence-corrected chi connectivity index (χ0v) is 17.1. The number of rotatable bonds is 11. The lowest BCUT2D eigenvalue weighted by Gasteiger charge is -2.23. The first kappa shape index (κ1) is 22.2. The van der Waals surface area contributed by atoms with E-state index >= 15 is 0 Å². The number of hydrogen-bond donors (Lipinski definition) is 1. The molecule has 4 nitrogen and oxygen atoms in total. The second kappa shape index (κ2) is 10.3. The van der Waals surface area contributed by atoms with Gasteiger partial charge in [-0.3, -0.25) is 4.79 Å². The van der Waals surface area contributed by atoms with Gasteiger partial charge in [-0.05, 0) is 47.4 Å². The Morgan fingerprint density at radius 2 is 1.58 bits per heavy atom. The number of carbonyl (C=O) groups is 2. The molecule has 1 rings (SSSR count). The molecule has 1 aromatic carbocycles. The van der Waals surface area contributed by atoms with Crippen molar-refractivity contribution in [3.8, 4) is 5.75 Å². The van der Waals surface area contributed by atoms with E-state index in [0.717, 1.165) is 29.7 Å². The average molecular weight is 363 g/mol. The molecule has 0 aromatic heterocycles. The fourth-order valence-electron chi connectivity index (χ4n) is 3.05. The first-order valence-corrected chi connectivity index (χ1v) is 9.81. The topological polar surface area (TPSA) is 63.6 Å². The number of carboxylic acid groups (broad SMARTS) is 1. The van der Waals surface area contributed by atoms with E-state index in [1.165, 1.54) is 12.8 Å². The lowest BCUT2D eigenvalue weighted by atomic mass is 9.90. The summed E-state index contributed by atoms with van der Waals surface area (Å²) in [6.45, 7) is 13.2. The zero-order chi connectivity index (χ0) is 19.9. The molecule has 0 aliphatic carbocycles. The summed E-state index contributed by atoms with van der Waals surface area (Å²) in [5.41, 5.74) is 2.05. The van der Waals surface area contributed by atoms with Gasteiger partial charge < -0.3 is 9.84 Å². The molecule has 0 fully saturated rings. The molecule has 0 spiro atoms. The molecule has 0 aliphatic rings. The van der Waals surface area contributed by atoms with Crippen LogP contribution in [0.4, 0.5) is 0 Å². The zero-order valence-electron chi connectivity index (χ0n) is 17.1. The smallest absolute Gasteiger partial charge is 0.377 e. The van der Waals surface area contributed by atoms with E-state index < -0.39 is 11.8 Å². The van der Waals surface area contributed by atoms with Crippen molar-refractivity contribution in [1.82, 2.24) is 0 Å². The Morgan fingerprint density at radius 3 is 1.96 bits per heavy atom. The minimum absolute atomic E-state index is 0.139. The molecule has 1 unspecified atom stereocenters. The molecule has 26 heavy (non-hydrogen) atoms. The van der Waals surface area contributed by atoms with Crippen LogP contribution in [0.3, 0.4) is 0 Å². The molecule has 1 atom stereocenters. The maximum Gasteiger partial charge on any atom is 0.377 e. The summed E-state index contributed by atoms with van der Waals surface area (Å²) in [6.07, 6.45) is 4.60. The minimum Gasteiger partial charge on any atom is -0.493 e.